The van der Waals surface area contributed by atoms with Crippen molar-refractivity contribution >= 4 is 23.9 Å². The zero-order valence-electron chi connectivity index (χ0n) is 8.66. The van der Waals surface area contributed by atoms with Gasteiger partial charge in [0.15, 0.2) is 0 Å². The first-order valence-corrected chi connectivity index (χ1v) is 4.87. The highest BCUT2D eigenvalue weighted by Crippen LogP contribution is 1.96. The minimum absolute atomic E-state index is 0.644. The summed E-state index contributed by atoms with van der Waals surface area (Å²) in [6.45, 7) is 7.05. The summed E-state index contributed by atoms with van der Waals surface area (Å²) < 4.78 is 0. The van der Waals surface area contributed by atoms with Crippen LogP contribution in [0.4, 0.5) is 0 Å². The number of hydrazone groups is 1. The van der Waals surface area contributed by atoms with Gasteiger partial charge in [0.2, 0.25) is 0 Å². The second kappa shape index (κ2) is 8.38. The Labute approximate surface area is 91.0 Å². The van der Waals surface area contributed by atoms with Crippen molar-refractivity contribution in [3.8, 4) is 0 Å². The highest BCUT2D eigenvalue weighted by molar-refractivity contribution is 7.80. The molecule has 0 aliphatic rings. The summed E-state index contributed by atoms with van der Waals surface area (Å²) in [5.41, 5.74) is 3.86. The number of rotatable bonds is 2. The third kappa shape index (κ3) is 7.43. The van der Waals surface area contributed by atoms with E-state index >= 15 is 0 Å². The first-order chi connectivity index (χ1) is 6.70. The van der Waals surface area contributed by atoms with Gasteiger partial charge in [-0.05, 0) is 18.9 Å². The molecule has 0 radical (unpaired) electrons. The summed E-state index contributed by atoms with van der Waals surface area (Å²) >= 11 is 4.55. The fourth-order valence-corrected chi connectivity index (χ4v) is 0.890. The monoisotopic (exact) mass is 208 g/mol. The average Bonchev–Trinajstić information content (AvgIpc) is 2.20. The number of nitrogens with zero attached hydrogens (tertiary/aromatic N) is 1. The summed E-state index contributed by atoms with van der Waals surface area (Å²) in [7, 11) is 0. The van der Waals surface area contributed by atoms with E-state index in [0.29, 0.717) is 4.99 Å². The third-order valence-electron chi connectivity index (χ3n) is 1.49. The van der Waals surface area contributed by atoms with Crippen LogP contribution in [0.15, 0.2) is 35.4 Å². The number of benzene rings is 1. The van der Waals surface area contributed by atoms with Gasteiger partial charge in [0, 0.05) is 6.72 Å². The summed E-state index contributed by atoms with van der Waals surface area (Å²) in [6.07, 6.45) is 1.14. The molecular formula is C11H16N2S. The van der Waals surface area contributed by atoms with Crippen LogP contribution in [0.25, 0.3) is 0 Å². The van der Waals surface area contributed by atoms with E-state index in [1.807, 2.05) is 6.07 Å². The van der Waals surface area contributed by atoms with Crippen LogP contribution in [-0.4, -0.2) is 11.7 Å². The molecule has 0 aliphatic carbocycles. The quantitative estimate of drug-likeness (QED) is 0.459. The van der Waals surface area contributed by atoms with Gasteiger partial charge in [-0.3, -0.25) is 5.43 Å². The molecule has 0 bridgehead atoms. The SMILES string of the molecule is C=NNC(C)=S.CCc1ccccc1. The number of hydrogen-bond donors (Lipinski definition) is 1. The van der Waals surface area contributed by atoms with Crippen LogP contribution in [0.1, 0.15) is 19.4 Å². The molecule has 0 aliphatic heterocycles. The van der Waals surface area contributed by atoms with Gasteiger partial charge < -0.3 is 0 Å². The minimum atomic E-state index is 0.644. The fraction of sp³-hybridized carbons (Fsp3) is 0.273. The molecule has 0 aromatic heterocycles. The fourth-order valence-electron chi connectivity index (χ4n) is 0.825. The van der Waals surface area contributed by atoms with E-state index in [4.69, 9.17) is 0 Å². The lowest BCUT2D eigenvalue weighted by atomic mass is 10.2. The molecule has 0 saturated heterocycles. The Morgan fingerprint density at radius 1 is 1.43 bits per heavy atom. The van der Waals surface area contributed by atoms with Gasteiger partial charge in [0.1, 0.15) is 0 Å². The third-order valence-corrected chi connectivity index (χ3v) is 1.58. The maximum Gasteiger partial charge on any atom is 0.0930 e. The Morgan fingerprint density at radius 2 is 2.00 bits per heavy atom. The highest BCUT2D eigenvalue weighted by atomic mass is 32.1. The van der Waals surface area contributed by atoms with Crippen LogP contribution in [-0.2, 0) is 6.42 Å². The molecule has 0 heterocycles. The van der Waals surface area contributed by atoms with Crippen LogP contribution in [0.2, 0.25) is 0 Å². The predicted molar refractivity (Wildman–Crippen MR) is 66.8 cm³/mol. The molecule has 0 saturated carbocycles. The van der Waals surface area contributed by atoms with Gasteiger partial charge in [-0.25, -0.2) is 0 Å². The number of nitrogens with one attached hydrogen (secondary N) is 1. The standard InChI is InChI=1S/C8H10.C3H6N2S/c1-2-8-6-4-3-5-7-8;1-3(6)5-4-2/h3-7H,2H2,1H3;2H2,1H3,(H,5,6). The molecule has 76 valence electrons. The van der Waals surface area contributed by atoms with E-state index in [0.717, 1.165) is 6.42 Å². The first-order valence-electron chi connectivity index (χ1n) is 4.47. The lowest BCUT2D eigenvalue weighted by Gasteiger charge is -1.89. The van der Waals surface area contributed by atoms with Crippen molar-refractivity contribution in [3.63, 3.8) is 0 Å². The minimum Gasteiger partial charge on any atom is -0.273 e. The van der Waals surface area contributed by atoms with Crippen LogP contribution >= 0.6 is 12.2 Å². The van der Waals surface area contributed by atoms with Crippen molar-refractivity contribution in [3.05, 3.63) is 35.9 Å². The molecule has 2 nitrogen and oxygen atoms in total. The van der Waals surface area contributed by atoms with E-state index in [2.05, 4.69) is 60.7 Å². The first kappa shape index (κ1) is 12.8. The van der Waals surface area contributed by atoms with Crippen molar-refractivity contribution in [2.24, 2.45) is 5.10 Å². The zero-order valence-corrected chi connectivity index (χ0v) is 9.47. The number of thiocarbonyl (C=S) groups is 1. The molecular weight excluding hydrogens is 192 g/mol. The van der Waals surface area contributed by atoms with Gasteiger partial charge >= 0.3 is 0 Å². The Bertz CT molecular complexity index is 270. The van der Waals surface area contributed by atoms with Gasteiger partial charge in [0.25, 0.3) is 0 Å². The van der Waals surface area contributed by atoms with E-state index in [9.17, 15) is 0 Å². The zero-order chi connectivity index (χ0) is 10.8. The van der Waals surface area contributed by atoms with Crippen molar-refractivity contribution in [1.82, 2.24) is 5.43 Å². The van der Waals surface area contributed by atoms with Crippen molar-refractivity contribution < 1.29 is 0 Å². The van der Waals surface area contributed by atoms with E-state index in [1.54, 1.807) is 6.92 Å². The molecule has 0 fully saturated rings. The second-order valence-corrected chi connectivity index (χ2v) is 3.28. The topological polar surface area (TPSA) is 24.4 Å². The molecule has 0 unspecified atom stereocenters. The molecule has 3 heteroatoms. The van der Waals surface area contributed by atoms with Gasteiger partial charge in [0.05, 0.1) is 4.99 Å². The van der Waals surface area contributed by atoms with Crippen molar-refractivity contribution in [2.75, 3.05) is 0 Å². The Balaban J connectivity index is 0.000000255. The van der Waals surface area contributed by atoms with Crippen LogP contribution in [0.5, 0.6) is 0 Å². The average molecular weight is 208 g/mol. The largest absolute Gasteiger partial charge is 0.273 e. The highest BCUT2D eigenvalue weighted by Gasteiger charge is 1.79. The predicted octanol–water partition coefficient (Wildman–Crippen LogP) is 2.79. The second-order valence-electron chi connectivity index (χ2n) is 2.67. The Morgan fingerprint density at radius 3 is 2.21 bits per heavy atom. The summed E-state index contributed by atoms with van der Waals surface area (Å²) in [5.74, 6) is 0. The van der Waals surface area contributed by atoms with Crippen LogP contribution in [0, 0.1) is 0 Å². The van der Waals surface area contributed by atoms with Gasteiger partial charge in [-0.15, -0.1) is 0 Å². The Kier molecular flexibility index (Phi) is 7.65. The molecule has 0 atom stereocenters. The maximum absolute atomic E-state index is 4.55. The molecule has 14 heavy (non-hydrogen) atoms. The molecule has 0 amide bonds. The smallest absolute Gasteiger partial charge is 0.0930 e. The lowest BCUT2D eigenvalue weighted by Crippen LogP contribution is -2.07. The molecule has 1 rings (SSSR count). The summed E-state index contributed by atoms with van der Waals surface area (Å²) in [6, 6.07) is 10.5. The summed E-state index contributed by atoms with van der Waals surface area (Å²) in [5, 5.41) is 3.29. The number of aryl methyl sites for hydroxylation is 1. The van der Waals surface area contributed by atoms with E-state index in [1.165, 1.54) is 5.56 Å². The van der Waals surface area contributed by atoms with E-state index < -0.39 is 0 Å². The van der Waals surface area contributed by atoms with Gasteiger partial charge in [-0.2, -0.15) is 5.10 Å². The van der Waals surface area contributed by atoms with Gasteiger partial charge in [-0.1, -0.05) is 49.5 Å². The number of hydrogen-bond acceptors (Lipinski definition) is 2. The molecule has 1 N–H and O–H groups in total. The molecule has 1 aromatic rings. The van der Waals surface area contributed by atoms with Crippen LogP contribution in [0.3, 0.4) is 0 Å². The van der Waals surface area contributed by atoms with Crippen LogP contribution < -0.4 is 5.43 Å². The van der Waals surface area contributed by atoms with Crippen molar-refractivity contribution in [1.29, 1.82) is 0 Å². The van der Waals surface area contributed by atoms with Crippen molar-refractivity contribution in [2.45, 2.75) is 20.3 Å². The normalized spacial score (nSPS) is 8.14. The van der Waals surface area contributed by atoms with E-state index in [-0.39, 0.29) is 0 Å². The Hall–Kier alpha value is -1.22. The molecule has 1 aromatic carbocycles. The maximum atomic E-state index is 4.55. The summed E-state index contributed by atoms with van der Waals surface area (Å²) in [4.78, 5) is 0.644. The lowest BCUT2D eigenvalue weighted by molar-refractivity contribution is 1.06. The molecule has 0 spiro atoms.